The molecule has 1 N–H and O–H groups in total. The number of carbonyl (C=O) groups excluding carboxylic acids is 2. The monoisotopic (exact) mass is 462 g/mol. The van der Waals surface area contributed by atoms with Crippen molar-refractivity contribution in [3.05, 3.63) is 69.7 Å². The van der Waals surface area contributed by atoms with Crippen LogP contribution < -0.4 is 19.9 Å². The highest BCUT2D eigenvalue weighted by Gasteiger charge is 2.34. The first-order valence-corrected chi connectivity index (χ1v) is 9.35. The SMILES string of the molecule is C=CCOc1c(Cl)cc(/C=C2/C(=O)NN(c3cccc(Br)c3)C2=O)cc1OC. The van der Waals surface area contributed by atoms with Crippen LogP contribution in [-0.2, 0) is 9.59 Å². The van der Waals surface area contributed by atoms with E-state index in [0.29, 0.717) is 27.8 Å². The fourth-order valence-electron chi connectivity index (χ4n) is 2.63. The summed E-state index contributed by atoms with van der Waals surface area (Å²) < 4.78 is 11.6. The molecule has 0 radical (unpaired) electrons. The van der Waals surface area contributed by atoms with Crippen molar-refractivity contribution in [3.8, 4) is 11.5 Å². The van der Waals surface area contributed by atoms with E-state index in [0.717, 1.165) is 4.47 Å². The minimum absolute atomic E-state index is 0.0159. The van der Waals surface area contributed by atoms with Crippen molar-refractivity contribution in [3.63, 3.8) is 0 Å². The molecule has 0 spiro atoms. The van der Waals surface area contributed by atoms with Crippen LogP contribution in [0.15, 0.2) is 59.1 Å². The molecule has 0 unspecified atom stereocenters. The summed E-state index contributed by atoms with van der Waals surface area (Å²) >= 11 is 9.63. The Labute approximate surface area is 175 Å². The number of methoxy groups -OCH3 is 1. The zero-order valence-electron chi connectivity index (χ0n) is 14.9. The van der Waals surface area contributed by atoms with Gasteiger partial charge in [-0.1, -0.05) is 46.3 Å². The van der Waals surface area contributed by atoms with Crippen molar-refractivity contribution in [2.75, 3.05) is 18.7 Å². The molecule has 2 aromatic rings. The number of halogens is 2. The van der Waals surface area contributed by atoms with E-state index in [1.165, 1.54) is 18.2 Å². The maximum absolute atomic E-state index is 12.7. The molecule has 2 aromatic carbocycles. The number of amides is 2. The molecule has 144 valence electrons. The third-order valence-electron chi connectivity index (χ3n) is 3.87. The average molecular weight is 464 g/mol. The van der Waals surface area contributed by atoms with Gasteiger partial charge in [0.15, 0.2) is 11.5 Å². The Morgan fingerprint density at radius 1 is 1.29 bits per heavy atom. The van der Waals surface area contributed by atoms with Crippen LogP contribution in [-0.4, -0.2) is 25.5 Å². The van der Waals surface area contributed by atoms with Gasteiger partial charge in [0.25, 0.3) is 11.8 Å². The summed E-state index contributed by atoms with van der Waals surface area (Å²) in [4.78, 5) is 25.1. The van der Waals surface area contributed by atoms with Gasteiger partial charge in [-0.15, -0.1) is 0 Å². The number of ether oxygens (including phenoxy) is 2. The van der Waals surface area contributed by atoms with Gasteiger partial charge >= 0.3 is 0 Å². The number of hydrogen-bond acceptors (Lipinski definition) is 4. The van der Waals surface area contributed by atoms with Crippen LogP contribution in [0.5, 0.6) is 11.5 Å². The third kappa shape index (κ3) is 4.05. The standard InChI is InChI=1S/C20H16BrClN2O4/c1-3-7-28-18-16(22)9-12(10-17(18)27-2)8-15-19(25)23-24(20(15)26)14-6-4-5-13(21)11-14/h3-6,8-11H,1,7H2,2H3,(H,23,25)/b15-8-. The van der Waals surface area contributed by atoms with Crippen LogP contribution in [0.25, 0.3) is 6.08 Å². The van der Waals surface area contributed by atoms with Gasteiger partial charge in [-0.25, -0.2) is 5.01 Å². The first kappa shape index (κ1) is 20.0. The Bertz CT molecular complexity index is 990. The highest BCUT2D eigenvalue weighted by Crippen LogP contribution is 2.37. The second-order valence-corrected chi connectivity index (χ2v) is 7.08. The van der Waals surface area contributed by atoms with E-state index >= 15 is 0 Å². The van der Waals surface area contributed by atoms with Crippen LogP contribution in [0.1, 0.15) is 5.56 Å². The lowest BCUT2D eigenvalue weighted by Crippen LogP contribution is -2.35. The number of hydrogen-bond donors (Lipinski definition) is 1. The first-order chi connectivity index (χ1) is 13.4. The average Bonchev–Trinajstić information content (AvgIpc) is 2.95. The van der Waals surface area contributed by atoms with Crippen molar-refractivity contribution in [1.82, 2.24) is 5.43 Å². The molecule has 1 saturated heterocycles. The summed E-state index contributed by atoms with van der Waals surface area (Å²) in [5.74, 6) is -0.225. The van der Waals surface area contributed by atoms with Gasteiger partial charge in [-0.3, -0.25) is 15.0 Å². The van der Waals surface area contributed by atoms with Crippen molar-refractivity contribution in [2.45, 2.75) is 0 Å². The number of carbonyl (C=O) groups is 2. The molecule has 0 aromatic heterocycles. The molecular formula is C20H16BrClN2O4. The van der Waals surface area contributed by atoms with Crippen LogP contribution in [0, 0.1) is 0 Å². The maximum atomic E-state index is 12.7. The number of rotatable bonds is 6. The Kier molecular flexibility index (Phi) is 6.06. The lowest BCUT2D eigenvalue weighted by atomic mass is 10.1. The van der Waals surface area contributed by atoms with Crippen molar-refractivity contribution >= 4 is 51.1 Å². The van der Waals surface area contributed by atoms with E-state index in [-0.39, 0.29) is 12.2 Å². The van der Waals surface area contributed by atoms with Gasteiger partial charge in [0.1, 0.15) is 12.2 Å². The van der Waals surface area contributed by atoms with E-state index < -0.39 is 11.8 Å². The predicted molar refractivity (Wildman–Crippen MR) is 111 cm³/mol. The zero-order valence-corrected chi connectivity index (χ0v) is 17.2. The Morgan fingerprint density at radius 3 is 2.75 bits per heavy atom. The smallest absolute Gasteiger partial charge is 0.282 e. The van der Waals surface area contributed by atoms with Crippen LogP contribution in [0.2, 0.25) is 5.02 Å². The fraction of sp³-hybridized carbons (Fsp3) is 0.100. The van der Waals surface area contributed by atoms with Gasteiger partial charge in [-0.05, 0) is 42.0 Å². The molecule has 8 heteroatoms. The number of nitrogens with one attached hydrogen (secondary N) is 1. The molecule has 1 fully saturated rings. The number of anilines is 1. The molecule has 3 rings (SSSR count). The number of benzene rings is 2. The topological polar surface area (TPSA) is 67.9 Å². The Morgan fingerprint density at radius 2 is 2.07 bits per heavy atom. The molecule has 0 bridgehead atoms. The molecule has 2 amide bonds. The molecule has 1 aliphatic rings. The van der Waals surface area contributed by atoms with Gasteiger partial charge in [-0.2, -0.15) is 0 Å². The van der Waals surface area contributed by atoms with E-state index in [1.807, 2.05) is 6.07 Å². The lowest BCUT2D eigenvalue weighted by Gasteiger charge is -2.14. The van der Waals surface area contributed by atoms with Gasteiger partial charge in [0.05, 0.1) is 17.8 Å². The minimum atomic E-state index is -0.507. The van der Waals surface area contributed by atoms with E-state index in [9.17, 15) is 9.59 Å². The molecule has 28 heavy (non-hydrogen) atoms. The second kappa shape index (κ2) is 8.50. The summed E-state index contributed by atoms with van der Waals surface area (Å²) in [6.45, 7) is 3.86. The maximum Gasteiger partial charge on any atom is 0.282 e. The van der Waals surface area contributed by atoms with E-state index in [1.54, 1.807) is 36.4 Å². The highest BCUT2D eigenvalue weighted by atomic mass is 79.9. The van der Waals surface area contributed by atoms with Crippen LogP contribution in [0.3, 0.4) is 0 Å². The first-order valence-electron chi connectivity index (χ1n) is 8.18. The summed E-state index contributed by atoms with van der Waals surface area (Å²) in [5.41, 5.74) is 3.61. The summed E-state index contributed by atoms with van der Waals surface area (Å²) in [5, 5.41) is 1.49. The largest absolute Gasteiger partial charge is 0.493 e. The van der Waals surface area contributed by atoms with Crippen molar-refractivity contribution in [1.29, 1.82) is 0 Å². The van der Waals surface area contributed by atoms with Crippen LogP contribution >= 0.6 is 27.5 Å². The Balaban J connectivity index is 1.94. The molecule has 0 saturated carbocycles. The number of hydrazine groups is 1. The van der Waals surface area contributed by atoms with E-state index in [2.05, 4.69) is 27.9 Å². The lowest BCUT2D eigenvalue weighted by molar-refractivity contribution is -0.117. The summed E-state index contributed by atoms with van der Waals surface area (Å²) in [6.07, 6.45) is 3.05. The highest BCUT2D eigenvalue weighted by molar-refractivity contribution is 9.10. The predicted octanol–water partition coefficient (Wildman–Crippen LogP) is 4.14. The van der Waals surface area contributed by atoms with E-state index in [4.69, 9.17) is 21.1 Å². The van der Waals surface area contributed by atoms with Crippen molar-refractivity contribution in [2.24, 2.45) is 0 Å². The quantitative estimate of drug-likeness (QED) is 0.397. The minimum Gasteiger partial charge on any atom is -0.493 e. The molecule has 1 aliphatic heterocycles. The van der Waals surface area contributed by atoms with Gasteiger partial charge in [0.2, 0.25) is 0 Å². The molecule has 6 nitrogen and oxygen atoms in total. The molecule has 0 aliphatic carbocycles. The van der Waals surface area contributed by atoms with Gasteiger partial charge in [0, 0.05) is 4.47 Å². The molecule has 1 heterocycles. The molecular weight excluding hydrogens is 448 g/mol. The fourth-order valence-corrected chi connectivity index (χ4v) is 3.29. The second-order valence-electron chi connectivity index (χ2n) is 5.75. The third-order valence-corrected chi connectivity index (χ3v) is 4.64. The normalized spacial score (nSPS) is 15.0. The summed E-state index contributed by atoms with van der Waals surface area (Å²) in [7, 11) is 1.48. The van der Waals surface area contributed by atoms with Crippen molar-refractivity contribution < 1.29 is 19.1 Å². The van der Waals surface area contributed by atoms with Crippen LogP contribution in [0.4, 0.5) is 5.69 Å². The molecule has 0 atom stereocenters. The zero-order chi connectivity index (χ0) is 20.3. The Hall–Kier alpha value is -2.77. The summed E-state index contributed by atoms with van der Waals surface area (Å²) in [6, 6.07) is 10.3. The number of nitrogens with zero attached hydrogens (tertiary/aromatic N) is 1. The van der Waals surface area contributed by atoms with Gasteiger partial charge < -0.3 is 9.47 Å².